The third-order valence-corrected chi connectivity index (χ3v) is 3.97. The summed E-state index contributed by atoms with van der Waals surface area (Å²) in [6.07, 6.45) is 0.498. The largest absolute Gasteiger partial charge is 0.497 e. The fourth-order valence-electron chi connectivity index (χ4n) is 2.47. The van der Waals surface area contributed by atoms with Crippen molar-refractivity contribution in [3.8, 4) is 17.1 Å². The minimum atomic E-state index is -0.429. The SMILES string of the molecule is COC(=O)c1ccc(NC(=O)CCc2nc(-c3ccc(OC)cc3)no2)cc1. The number of aryl methyl sites for hydroxylation is 1. The van der Waals surface area contributed by atoms with E-state index in [9.17, 15) is 9.59 Å². The van der Waals surface area contributed by atoms with Gasteiger partial charge in [-0.25, -0.2) is 4.79 Å². The number of ether oxygens (including phenoxy) is 2. The van der Waals surface area contributed by atoms with E-state index in [4.69, 9.17) is 9.26 Å². The Morgan fingerprint density at radius 1 is 1.04 bits per heavy atom. The Balaban J connectivity index is 1.53. The summed E-state index contributed by atoms with van der Waals surface area (Å²) in [6.45, 7) is 0. The minimum Gasteiger partial charge on any atom is -0.497 e. The van der Waals surface area contributed by atoms with E-state index in [-0.39, 0.29) is 12.3 Å². The molecular formula is C20H19N3O5. The maximum Gasteiger partial charge on any atom is 0.337 e. The molecule has 8 nitrogen and oxygen atoms in total. The number of nitrogens with one attached hydrogen (secondary N) is 1. The summed E-state index contributed by atoms with van der Waals surface area (Å²) in [6, 6.07) is 13.7. The number of esters is 1. The van der Waals surface area contributed by atoms with Gasteiger partial charge in [0.2, 0.25) is 17.6 Å². The number of anilines is 1. The molecule has 0 aliphatic rings. The van der Waals surface area contributed by atoms with Crippen molar-refractivity contribution in [1.29, 1.82) is 0 Å². The Kier molecular flexibility index (Phi) is 6.01. The average molecular weight is 381 g/mol. The van der Waals surface area contributed by atoms with E-state index >= 15 is 0 Å². The first-order valence-corrected chi connectivity index (χ1v) is 8.54. The van der Waals surface area contributed by atoms with Gasteiger partial charge in [-0.3, -0.25) is 4.79 Å². The van der Waals surface area contributed by atoms with E-state index in [1.54, 1.807) is 31.4 Å². The summed E-state index contributed by atoms with van der Waals surface area (Å²) in [4.78, 5) is 27.8. The molecule has 8 heteroatoms. The van der Waals surface area contributed by atoms with Crippen LogP contribution in [0.4, 0.5) is 5.69 Å². The van der Waals surface area contributed by atoms with Gasteiger partial charge in [-0.1, -0.05) is 5.16 Å². The molecule has 0 unspecified atom stereocenters. The zero-order valence-electron chi connectivity index (χ0n) is 15.5. The fourth-order valence-corrected chi connectivity index (χ4v) is 2.47. The zero-order chi connectivity index (χ0) is 19.9. The van der Waals surface area contributed by atoms with E-state index in [2.05, 4.69) is 20.2 Å². The van der Waals surface area contributed by atoms with Crippen LogP contribution in [-0.4, -0.2) is 36.2 Å². The molecule has 0 radical (unpaired) electrons. The van der Waals surface area contributed by atoms with Crippen LogP contribution >= 0.6 is 0 Å². The molecule has 0 saturated heterocycles. The second-order valence-corrected chi connectivity index (χ2v) is 5.86. The first-order chi connectivity index (χ1) is 13.6. The Hall–Kier alpha value is -3.68. The van der Waals surface area contributed by atoms with Crippen molar-refractivity contribution in [1.82, 2.24) is 10.1 Å². The Bertz CT molecular complexity index is 949. The number of hydrogen-bond donors (Lipinski definition) is 1. The van der Waals surface area contributed by atoms with Crippen LogP contribution in [0.2, 0.25) is 0 Å². The van der Waals surface area contributed by atoms with Crippen LogP contribution in [0.5, 0.6) is 5.75 Å². The number of methoxy groups -OCH3 is 2. The Morgan fingerprint density at radius 3 is 2.39 bits per heavy atom. The number of amides is 1. The normalized spacial score (nSPS) is 10.4. The number of carbonyl (C=O) groups is 2. The number of hydrogen-bond acceptors (Lipinski definition) is 7. The van der Waals surface area contributed by atoms with Gasteiger partial charge < -0.3 is 19.3 Å². The van der Waals surface area contributed by atoms with Gasteiger partial charge >= 0.3 is 5.97 Å². The minimum absolute atomic E-state index is 0.184. The summed E-state index contributed by atoms with van der Waals surface area (Å²) < 4.78 is 15.0. The smallest absolute Gasteiger partial charge is 0.337 e. The quantitative estimate of drug-likeness (QED) is 0.627. The molecule has 1 N–H and O–H groups in total. The lowest BCUT2D eigenvalue weighted by molar-refractivity contribution is -0.116. The van der Waals surface area contributed by atoms with Crippen LogP contribution in [0, 0.1) is 0 Å². The molecule has 28 heavy (non-hydrogen) atoms. The highest BCUT2D eigenvalue weighted by atomic mass is 16.5. The van der Waals surface area contributed by atoms with Crippen molar-refractivity contribution in [2.75, 3.05) is 19.5 Å². The maximum absolute atomic E-state index is 12.1. The summed E-state index contributed by atoms with van der Waals surface area (Å²) in [7, 11) is 2.91. The fraction of sp³-hybridized carbons (Fsp3) is 0.200. The van der Waals surface area contributed by atoms with Gasteiger partial charge in [-0.05, 0) is 48.5 Å². The van der Waals surface area contributed by atoms with Crippen molar-refractivity contribution in [2.45, 2.75) is 12.8 Å². The molecule has 0 spiro atoms. The van der Waals surface area contributed by atoms with Crippen LogP contribution in [0.25, 0.3) is 11.4 Å². The van der Waals surface area contributed by atoms with Crippen LogP contribution in [0.1, 0.15) is 22.7 Å². The molecule has 144 valence electrons. The van der Waals surface area contributed by atoms with Crippen LogP contribution < -0.4 is 10.1 Å². The third kappa shape index (κ3) is 4.73. The van der Waals surface area contributed by atoms with E-state index < -0.39 is 5.97 Å². The Labute approximate surface area is 161 Å². The van der Waals surface area contributed by atoms with Crippen LogP contribution in [-0.2, 0) is 16.0 Å². The number of rotatable bonds is 7. The highest BCUT2D eigenvalue weighted by Crippen LogP contribution is 2.20. The number of aromatic nitrogens is 2. The van der Waals surface area contributed by atoms with Crippen molar-refractivity contribution in [2.24, 2.45) is 0 Å². The zero-order valence-corrected chi connectivity index (χ0v) is 15.5. The first-order valence-electron chi connectivity index (χ1n) is 8.54. The second kappa shape index (κ2) is 8.81. The van der Waals surface area contributed by atoms with Crippen LogP contribution in [0.15, 0.2) is 53.1 Å². The molecule has 1 amide bonds. The third-order valence-electron chi connectivity index (χ3n) is 3.97. The predicted octanol–water partition coefficient (Wildman–Crippen LogP) is 3.10. The lowest BCUT2D eigenvalue weighted by Crippen LogP contribution is -2.12. The molecule has 0 aliphatic carbocycles. The highest BCUT2D eigenvalue weighted by molar-refractivity contribution is 5.93. The lowest BCUT2D eigenvalue weighted by Gasteiger charge is -2.05. The molecule has 0 atom stereocenters. The molecule has 0 fully saturated rings. The second-order valence-electron chi connectivity index (χ2n) is 5.86. The maximum atomic E-state index is 12.1. The van der Waals surface area contributed by atoms with Crippen LogP contribution in [0.3, 0.4) is 0 Å². The van der Waals surface area contributed by atoms with Gasteiger partial charge in [-0.2, -0.15) is 4.98 Å². The number of benzene rings is 2. The van der Waals surface area contributed by atoms with Gasteiger partial charge in [0.15, 0.2) is 0 Å². The topological polar surface area (TPSA) is 104 Å². The molecule has 3 aromatic rings. The van der Waals surface area contributed by atoms with E-state index in [1.807, 2.05) is 24.3 Å². The van der Waals surface area contributed by atoms with E-state index in [1.165, 1.54) is 7.11 Å². The molecular weight excluding hydrogens is 362 g/mol. The van der Waals surface area contributed by atoms with Gasteiger partial charge in [0.05, 0.1) is 19.8 Å². The van der Waals surface area contributed by atoms with Gasteiger partial charge in [0, 0.05) is 24.1 Å². The van der Waals surface area contributed by atoms with E-state index in [0.717, 1.165) is 11.3 Å². The van der Waals surface area contributed by atoms with Crippen molar-refractivity contribution in [3.63, 3.8) is 0 Å². The molecule has 1 heterocycles. The molecule has 1 aromatic heterocycles. The molecule has 0 bridgehead atoms. The summed E-state index contributed by atoms with van der Waals surface area (Å²) in [5, 5.41) is 6.69. The van der Waals surface area contributed by atoms with Crippen molar-refractivity contribution >= 4 is 17.6 Å². The van der Waals surface area contributed by atoms with Gasteiger partial charge in [0.1, 0.15) is 5.75 Å². The number of carbonyl (C=O) groups excluding carboxylic acids is 2. The van der Waals surface area contributed by atoms with Gasteiger partial charge in [-0.15, -0.1) is 0 Å². The lowest BCUT2D eigenvalue weighted by atomic mass is 10.2. The first kappa shape index (κ1) is 19.1. The highest BCUT2D eigenvalue weighted by Gasteiger charge is 2.11. The number of nitrogens with zero attached hydrogens (tertiary/aromatic N) is 2. The summed E-state index contributed by atoms with van der Waals surface area (Å²) in [5.41, 5.74) is 1.80. The average Bonchev–Trinajstić information content (AvgIpc) is 3.21. The molecule has 0 saturated carbocycles. The summed E-state index contributed by atoms with van der Waals surface area (Å²) >= 11 is 0. The Morgan fingerprint density at radius 2 is 1.75 bits per heavy atom. The predicted molar refractivity (Wildman–Crippen MR) is 101 cm³/mol. The van der Waals surface area contributed by atoms with Crippen molar-refractivity contribution < 1.29 is 23.6 Å². The molecule has 0 aliphatic heterocycles. The van der Waals surface area contributed by atoms with Crippen molar-refractivity contribution in [3.05, 3.63) is 60.0 Å². The van der Waals surface area contributed by atoms with E-state index in [0.29, 0.717) is 29.4 Å². The molecule has 3 rings (SSSR count). The monoisotopic (exact) mass is 381 g/mol. The van der Waals surface area contributed by atoms with Gasteiger partial charge in [0.25, 0.3) is 0 Å². The standard InChI is InChI=1S/C20H19N3O5/c1-26-16-9-5-13(6-10-16)19-22-18(28-23-19)12-11-17(24)21-15-7-3-14(4-8-15)20(25)27-2/h3-10H,11-12H2,1-2H3,(H,21,24). The molecule has 2 aromatic carbocycles. The summed E-state index contributed by atoms with van der Waals surface area (Å²) in [5.74, 6) is 0.944.